The number of carbonyl (C=O) groups is 1. The van der Waals surface area contributed by atoms with E-state index in [-0.39, 0.29) is 6.61 Å². The van der Waals surface area contributed by atoms with Crippen LogP contribution < -0.4 is 20.5 Å². The average molecular weight is 301 g/mol. The highest BCUT2D eigenvalue weighted by Crippen LogP contribution is 2.31. The number of benzene rings is 1. The molecule has 0 aliphatic rings. The Balaban J connectivity index is 2.04. The van der Waals surface area contributed by atoms with E-state index in [0.717, 1.165) is 11.1 Å². The van der Waals surface area contributed by atoms with Crippen LogP contribution in [0.15, 0.2) is 42.7 Å². The molecule has 0 unspecified atom stereocenters. The van der Waals surface area contributed by atoms with Crippen LogP contribution >= 0.6 is 0 Å². The molecule has 0 saturated carbocycles. The molecule has 1 aromatic heterocycles. The van der Waals surface area contributed by atoms with Crippen LogP contribution in [0, 0.1) is 0 Å². The van der Waals surface area contributed by atoms with Gasteiger partial charge in [0.1, 0.15) is 0 Å². The maximum Gasteiger partial charge on any atom is 0.255 e. The number of nitrogens with zero attached hydrogens (tertiary/aromatic N) is 1. The van der Waals surface area contributed by atoms with Gasteiger partial charge in [-0.3, -0.25) is 9.78 Å². The van der Waals surface area contributed by atoms with Gasteiger partial charge in [0.05, 0.1) is 7.11 Å². The first-order valence-corrected chi connectivity index (χ1v) is 6.87. The van der Waals surface area contributed by atoms with Crippen molar-refractivity contribution in [2.75, 3.05) is 13.7 Å². The third-order valence-corrected chi connectivity index (χ3v) is 3.01. The largest absolute Gasteiger partial charge is 0.493 e. The molecule has 116 valence electrons. The molecule has 0 atom stereocenters. The van der Waals surface area contributed by atoms with Crippen molar-refractivity contribution in [2.45, 2.75) is 13.1 Å². The third-order valence-electron chi connectivity index (χ3n) is 3.01. The summed E-state index contributed by atoms with van der Waals surface area (Å²) in [5, 5.41) is 3.31. The second-order valence-corrected chi connectivity index (χ2v) is 4.67. The lowest BCUT2D eigenvalue weighted by atomic mass is 10.1. The predicted octanol–water partition coefficient (Wildman–Crippen LogP) is 1.24. The topological polar surface area (TPSA) is 86.5 Å². The van der Waals surface area contributed by atoms with E-state index in [2.05, 4.69) is 10.3 Å². The molecule has 0 fully saturated rings. The van der Waals surface area contributed by atoms with E-state index in [4.69, 9.17) is 15.2 Å². The fraction of sp³-hybridized carbons (Fsp3) is 0.250. The summed E-state index contributed by atoms with van der Waals surface area (Å²) in [6.07, 6.45) is 3.55. The van der Waals surface area contributed by atoms with Crippen LogP contribution in [0.4, 0.5) is 0 Å². The van der Waals surface area contributed by atoms with Crippen LogP contribution in [0.5, 0.6) is 11.5 Å². The first kappa shape index (κ1) is 15.8. The summed E-state index contributed by atoms with van der Waals surface area (Å²) in [7, 11) is 1.55. The average Bonchev–Trinajstić information content (AvgIpc) is 2.54. The van der Waals surface area contributed by atoms with Crippen molar-refractivity contribution in [1.29, 1.82) is 0 Å². The summed E-state index contributed by atoms with van der Waals surface area (Å²) in [5.74, 6) is 0.574. The van der Waals surface area contributed by atoms with Gasteiger partial charge in [-0.15, -0.1) is 0 Å². The van der Waals surface area contributed by atoms with E-state index in [1.54, 1.807) is 19.4 Å². The summed E-state index contributed by atoms with van der Waals surface area (Å²) in [6.45, 7) is 1.07. The van der Waals surface area contributed by atoms with Crippen LogP contribution in [-0.2, 0) is 17.9 Å². The van der Waals surface area contributed by atoms with Gasteiger partial charge >= 0.3 is 0 Å². The zero-order valence-corrected chi connectivity index (χ0v) is 12.4. The van der Waals surface area contributed by atoms with Crippen LogP contribution in [-0.4, -0.2) is 24.6 Å². The van der Waals surface area contributed by atoms with Gasteiger partial charge in [0.15, 0.2) is 18.1 Å². The van der Waals surface area contributed by atoms with E-state index in [1.165, 1.54) is 0 Å². The number of para-hydroxylation sites is 1. The van der Waals surface area contributed by atoms with E-state index in [0.29, 0.717) is 24.6 Å². The van der Waals surface area contributed by atoms with E-state index >= 15 is 0 Å². The van der Waals surface area contributed by atoms with Crippen LogP contribution in [0.25, 0.3) is 0 Å². The summed E-state index contributed by atoms with van der Waals surface area (Å²) in [5.41, 5.74) is 7.11. The number of pyridine rings is 1. The Hall–Kier alpha value is -2.60. The first-order valence-electron chi connectivity index (χ1n) is 6.87. The van der Waals surface area contributed by atoms with Gasteiger partial charge < -0.3 is 20.5 Å². The molecule has 2 rings (SSSR count). The summed E-state index contributed by atoms with van der Waals surface area (Å²) in [4.78, 5) is 15.0. The van der Waals surface area contributed by atoms with Crippen molar-refractivity contribution in [3.63, 3.8) is 0 Å². The quantitative estimate of drug-likeness (QED) is 0.766. The molecule has 0 saturated heterocycles. The summed E-state index contributed by atoms with van der Waals surface area (Å²) < 4.78 is 10.7. The maximum absolute atomic E-state index is 10.9. The van der Waals surface area contributed by atoms with Gasteiger partial charge in [-0.2, -0.15) is 0 Å². The minimum Gasteiger partial charge on any atom is -0.493 e. The van der Waals surface area contributed by atoms with Crippen molar-refractivity contribution in [2.24, 2.45) is 5.73 Å². The number of aromatic nitrogens is 1. The third kappa shape index (κ3) is 4.46. The Bertz CT molecular complexity index is 617. The van der Waals surface area contributed by atoms with Gasteiger partial charge in [-0.1, -0.05) is 18.2 Å². The molecule has 6 heteroatoms. The molecular formula is C16H19N3O3. The van der Waals surface area contributed by atoms with Gasteiger partial charge in [-0.05, 0) is 17.7 Å². The highest BCUT2D eigenvalue weighted by Gasteiger charge is 2.11. The molecular weight excluding hydrogens is 282 g/mol. The Kier molecular flexibility index (Phi) is 5.73. The van der Waals surface area contributed by atoms with Crippen LogP contribution in [0.2, 0.25) is 0 Å². The molecule has 0 aliphatic heterocycles. The van der Waals surface area contributed by atoms with Gasteiger partial charge in [-0.25, -0.2) is 0 Å². The fourth-order valence-corrected chi connectivity index (χ4v) is 2.01. The molecule has 0 radical (unpaired) electrons. The zero-order chi connectivity index (χ0) is 15.8. The second kappa shape index (κ2) is 7.99. The molecule has 6 nitrogen and oxygen atoms in total. The van der Waals surface area contributed by atoms with Crippen molar-refractivity contribution < 1.29 is 14.3 Å². The minimum absolute atomic E-state index is 0.185. The van der Waals surface area contributed by atoms with Crippen molar-refractivity contribution in [3.8, 4) is 11.5 Å². The highest BCUT2D eigenvalue weighted by molar-refractivity contribution is 5.75. The highest BCUT2D eigenvalue weighted by atomic mass is 16.5. The number of amides is 1. The lowest BCUT2D eigenvalue weighted by Gasteiger charge is -2.14. The Morgan fingerprint density at radius 2 is 2.14 bits per heavy atom. The number of nitrogens with two attached hydrogens (primary N) is 1. The molecule has 1 aromatic carbocycles. The molecule has 0 aliphatic carbocycles. The standard InChI is InChI=1S/C16H19N3O3/c1-21-14-6-2-5-13(16(14)22-11-15(17)20)10-19-9-12-4-3-7-18-8-12/h2-8,19H,9-11H2,1H3,(H2,17,20). The molecule has 3 N–H and O–H groups in total. The molecule has 0 spiro atoms. The number of carbonyl (C=O) groups excluding carboxylic acids is 1. The number of hydrogen-bond acceptors (Lipinski definition) is 5. The van der Waals surface area contributed by atoms with Gasteiger partial charge in [0.25, 0.3) is 5.91 Å². The molecule has 22 heavy (non-hydrogen) atoms. The van der Waals surface area contributed by atoms with Crippen LogP contribution in [0.3, 0.4) is 0 Å². The Morgan fingerprint density at radius 1 is 1.27 bits per heavy atom. The number of primary amides is 1. The minimum atomic E-state index is -0.528. The second-order valence-electron chi connectivity index (χ2n) is 4.67. The number of rotatable bonds is 8. The molecule has 0 bridgehead atoms. The van der Waals surface area contributed by atoms with Gasteiger partial charge in [0.2, 0.25) is 0 Å². The molecule has 2 aromatic rings. The number of methoxy groups -OCH3 is 1. The molecule has 1 heterocycles. The normalized spacial score (nSPS) is 10.2. The number of nitrogens with one attached hydrogen (secondary N) is 1. The van der Waals surface area contributed by atoms with Gasteiger partial charge in [0, 0.05) is 31.0 Å². The number of hydrogen-bond donors (Lipinski definition) is 2. The summed E-state index contributed by atoms with van der Waals surface area (Å²) >= 11 is 0. The smallest absolute Gasteiger partial charge is 0.255 e. The van der Waals surface area contributed by atoms with E-state index in [9.17, 15) is 4.79 Å². The van der Waals surface area contributed by atoms with Crippen LogP contribution in [0.1, 0.15) is 11.1 Å². The molecule has 1 amide bonds. The Morgan fingerprint density at radius 3 is 2.82 bits per heavy atom. The fourth-order valence-electron chi connectivity index (χ4n) is 2.01. The summed E-state index contributed by atoms with van der Waals surface area (Å²) in [6, 6.07) is 9.45. The van der Waals surface area contributed by atoms with Crippen molar-refractivity contribution >= 4 is 5.91 Å². The van der Waals surface area contributed by atoms with E-state index < -0.39 is 5.91 Å². The monoisotopic (exact) mass is 301 g/mol. The zero-order valence-electron chi connectivity index (χ0n) is 12.4. The van der Waals surface area contributed by atoms with Crippen molar-refractivity contribution in [1.82, 2.24) is 10.3 Å². The SMILES string of the molecule is COc1cccc(CNCc2cccnc2)c1OCC(N)=O. The maximum atomic E-state index is 10.9. The number of ether oxygens (including phenoxy) is 2. The van der Waals surface area contributed by atoms with Crippen molar-refractivity contribution in [3.05, 3.63) is 53.9 Å². The predicted molar refractivity (Wildman–Crippen MR) is 82.5 cm³/mol. The Labute approximate surface area is 129 Å². The lowest BCUT2D eigenvalue weighted by Crippen LogP contribution is -2.21. The lowest BCUT2D eigenvalue weighted by molar-refractivity contribution is -0.119. The first-order chi connectivity index (χ1) is 10.7. The van der Waals surface area contributed by atoms with E-state index in [1.807, 2.05) is 30.5 Å².